The number of carbonyl (C=O) groups excluding carboxylic acids is 1. The summed E-state index contributed by atoms with van der Waals surface area (Å²) in [5.41, 5.74) is 3.36. The van der Waals surface area contributed by atoms with E-state index >= 15 is 0 Å². The molecule has 4 nitrogen and oxygen atoms in total. The maximum absolute atomic E-state index is 11.8. The van der Waals surface area contributed by atoms with Gasteiger partial charge in [0, 0.05) is 17.1 Å². The topological polar surface area (TPSA) is 52.1 Å². The minimum absolute atomic E-state index is 0.354. The first-order chi connectivity index (χ1) is 9.17. The number of hydrogen-bond acceptors (Lipinski definition) is 5. The SMILES string of the molecule is CCOC(=O)c1cnc(-c2cscc2C)nc1CC. The molecule has 0 aromatic carbocycles. The molecule has 0 radical (unpaired) electrons. The fraction of sp³-hybridized carbons (Fsp3) is 0.357. The van der Waals surface area contributed by atoms with Gasteiger partial charge in [-0.3, -0.25) is 0 Å². The molecule has 0 bridgehead atoms. The average Bonchev–Trinajstić information content (AvgIpc) is 2.84. The molecule has 0 N–H and O–H groups in total. The molecule has 0 atom stereocenters. The van der Waals surface area contributed by atoms with Gasteiger partial charge in [-0.25, -0.2) is 14.8 Å². The lowest BCUT2D eigenvalue weighted by Gasteiger charge is -2.08. The Balaban J connectivity index is 2.42. The molecule has 19 heavy (non-hydrogen) atoms. The van der Waals surface area contributed by atoms with Crippen molar-refractivity contribution >= 4 is 17.3 Å². The van der Waals surface area contributed by atoms with Crippen molar-refractivity contribution in [2.45, 2.75) is 27.2 Å². The van der Waals surface area contributed by atoms with Gasteiger partial charge in [0.05, 0.1) is 17.9 Å². The van der Waals surface area contributed by atoms with Crippen LogP contribution in [0.3, 0.4) is 0 Å². The van der Waals surface area contributed by atoms with E-state index in [0.717, 1.165) is 16.8 Å². The Kier molecular flexibility index (Phi) is 4.27. The Morgan fingerprint density at radius 1 is 1.37 bits per heavy atom. The summed E-state index contributed by atoms with van der Waals surface area (Å²) in [5, 5.41) is 4.08. The summed E-state index contributed by atoms with van der Waals surface area (Å²) in [6, 6.07) is 0. The van der Waals surface area contributed by atoms with Crippen molar-refractivity contribution in [2.75, 3.05) is 6.61 Å². The standard InChI is InChI=1S/C14H16N2O2S/c1-4-12-10(14(17)18-5-2)6-15-13(16-12)11-8-19-7-9(11)3/h6-8H,4-5H2,1-3H3. The Bertz CT molecular complexity index is 593. The molecule has 0 aliphatic carbocycles. The molecule has 5 heteroatoms. The molecule has 0 fully saturated rings. The molecule has 0 unspecified atom stereocenters. The zero-order valence-corrected chi connectivity index (χ0v) is 12.1. The van der Waals surface area contributed by atoms with E-state index in [1.54, 1.807) is 24.5 Å². The molecule has 0 aliphatic heterocycles. The van der Waals surface area contributed by atoms with Gasteiger partial charge in [-0.15, -0.1) is 0 Å². The Labute approximate surface area is 116 Å². The fourth-order valence-electron chi connectivity index (χ4n) is 1.79. The minimum atomic E-state index is -0.354. The third kappa shape index (κ3) is 2.81. The molecule has 2 aromatic rings. The highest BCUT2D eigenvalue weighted by atomic mass is 32.1. The van der Waals surface area contributed by atoms with Crippen LogP contribution in [0.4, 0.5) is 0 Å². The predicted octanol–water partition coefficient (Wildman–Crippen LogP) is 3.25. The van der Waals surface area contributed by atoms with E-state index in [9.17, 15) is 4.79 Å². The van der Waals surface area contributed by atoms with Gasteiger partial charge >= 0.3 is 5.97 Å². The number of aromatic nitrogens is 2. The minimum Gasteiger partial charge on any atom is -0.462 e. The normalized spacial score (nSPS) is 10.5. The second-order valence-corrected chi connectivity index (χ2v) is 4.84. The van der Waals surface area contributed by atoms with Gasteiger partial charge in [0.25, 0.3) is 0 Å². The summed E-state index contributed by atoms with van der Waals surface area (Å²) in [6.45, 7) is 6.14. The van der Waals surface area contributed by atoms with Gasteiger partial charge in [0.1, 0.15) is 0 Å². The monoisotopic (exact) mass is 276 g/mol. The first kappa shape index (κ1) is 13.7. The van der Waals surface area contributed by atoms with Gasteiger partial charge in [-0.2, -0.15) is 11.3 Å². The molecule has 2 heterocycles. The van der Waals surface area contributed by atoms with Crippen molar-refractivity contribution in [3.05, 3.63) is 33.8 Å². The van der Waals surface area contributed by atoms with Crippen LogP contribution in [0.25, 0.3) is 11.4 Å². The number of nitrogens with zero attached hydrogens (tertiary/aromatic N) is 2. The van der Waals surface area contributed by atoms with Crippen LogP contribution in [0.1, 0.15) is 35.5 Å². The molecular formula is C14H16N2O2S. The first-order valence-corrected chi connectivity index (χ1v) is 7.17. The van der Waals surface area contributed by atoms with Gasteiger partial charge in [0.15, 0.2) is 5.82 Å². The number of rotatable bonds is 4. The van der Waals surface area contributed by atoms with Crippen molar-refractivity contribution < 1.29 is 9.53 Å². The van der Waals surface area contributed by atoms with Crippen molar-refractivity contribution in [3.63, 3.8) is 0 Å². The summed E-state index contributed by atoms with van der Waals surface area (Å²) in [6.07, 6.45) is 2.24. The molecule has 100 valence electrons. The van der Waals surface area contributed by atoms with Crippen LogP contribution >= 0.6 is 11.3 Å². The molecule has 0 saturated carbocycles. The largest absolute Gasteiger partial charge is 0.462 e. The van der Waals surface area contributed by atoms with Crippen molar-refractivity contribution in [1.82, 2.24) is 9.97 Å². The molecule has 0 saturated heterocycles. The highest BCUT2D eigenvalue weighted by Crippen LogP contribution is 2.24. The molecule has 0 spiro atoms. The lowest BCUT2D eigenvalue weighted by Crippen LogP contribution is -2.11. The van der Waals surface area contributed by atoms with Crippen LogP contribution < -0.4 is 0 Å². The second kappa shape index (κ2) is 5.93. The van der Waals surface area contributed by atoms with Crippen LogP contribution in [0, 0.1) is 6.92 Å². The summed E-state index contributed by atoms with van der Waals surface area (Å²) >= 11 is 1.62. The quantitative estimate of drug-likeness (QED) is 0.804. The Morgan fingerprint density at radius 3 is 2.74 bits per heavy atom. The fourth-order valence-corrected chi connectivity index (χ4v) is 2.61. The lowest BCUT2D eigenvalue weighted by atomic mass is 10.1. The average molecular weight is 276 g/mol. The number of ether oxygens (including phenoxy) is 1. The maximum Gasteiger partial charge on any atom is 0.341 e. The molecule has 2 aromatic heterocycles. The lowest BCUT2D eigenvalue weighted by molar-refractivity contribution is 0.0524. The van der Waals surface area contributed by atoms with E-state index in [1.807, 2.05) is 19.2 Å². The second-order valence-electron chi connectivity index (χ2n) is 4.10. The summed E-state index contributed by atoms with van der Waals surface area (Å²) in [5.74, 6) is 0.316. The van der Waals surface area contributed by atoms with Crippen LogP contribution in [0.2, 0.25) is 0 Å². The molecule has 2 rings (SSSR count). The number of esters is 1. The zero-order valence-electron chi connectivity index (χ0n) is 11.3. The number of thiophene rings is 1. The van der Waals surface area contributed by atoms with Gasteiger partial charge in [-0.05, 0) is 31.2 Å². The van der Waals surface area contributed by atoms with E-state index in [2.05, 4.69) is 15.3 Å². The van der Waals surface area contributed by atoms with Gasteiger partial charge in [-0.1, -0.05) is 6.92 Å². The summed E-state index contributed by atoms with van der Waals surface area (Å²) in [4.78, 5) is 20.6. The Morgan fingerprint density at radius 2 is 2.16 bits per heavy atom. The third-order valence-corrected chi connectivity index (χ3v) is 3.66. The zero-order chi connectivity index (χ0) is 13.8. The van der Waals surface area contributed by atoms with E-state index in [0.29, 0.717) is 24.4 Å². The van der Waals surface area contributed by atoms with Crippen LogP contribution in [0.15, 0.2) is 17.0 Å². The van der Waals surface area contributed by atoms with Crippen LogP contribution in [0.5, 0.6) is 0 Å². The first-order valence-electron chi connectivity index (χ1n) is 6.23. The highest BCUT2D eigenvalue weighted by Gasteiger charge is 2.16. The van der Waals surface area contributed by atoms with Crippen molar-refractivity contribution in [2.24, 2.45) is 0 Å². The van der Waals surface area contributed by atoms with Crippen molar-refractivity contribution in [3.8, 4) is 11.4 Å². The van der Waals surface area contributed by atoms with Crippen LogP contribution in [-0.2, 0) is 11.2 Å². The number of carbonyl (C=O) groups is 1. The maximum atomic E-state index is 11.8. The smallest absolute Gasteiger partial charge is 0.341 e. The van der Waals surface area contributed by atoms with Gasteiger partial charge in [0.2, 0.25) is 0 Å². The van der Waals surface area contributed by atoms with E-state index in [1.165, 1.54) is 0 Å². The molecule has 0 aliphatic rings. The Hall–Kier alpha value is -1.75. The molecular weight excluding hydrogens is 260 g/mol. The summed E-state index contributed by atoms with van der Waals surface area (Å²) in [7, 11) is 0. The third-order valence-electron chi connectivity index (χ3n) is 2.79. The van der Waals surface area contributed by atoms with E-state index in [4.69, 9.17) is 4.74 Å². The van der Waals surface area contributed by atoms with Crippen molar-refractivity contribution in [1.29, 1.82) is 0 Å². The molecule has 0 amide bonds. The summed E-state index contributed by atoms with van der Waals surface area (Å²) < 4.78 is 5.01. The van der Waals surface area contributed by atoms with Crippen LogP contribution in [-0.4, -0.2) is 22.5 Å². The van der Waals surface area contributed by atoms with E-state index in [-0.39, 0.29) is 5.97 Å². The number of hydrogen-bond donors (Lipinski definition) is 0. The predicted molar refractivity (Wildman–Crippen MR) is 75.4 cm³/mol. The van der Waals surface area contributed by atoms with Gasteiger partial charge < -0.3 is 4.74 Å². The number of aryl methyl sites for hydroxylation is 2. The van der Waals surface area contributed by atoms with E-state index < -0.39 is 0 Å². The highest BCUT2D eigenvalue weighted by molar-refractivity contribution is 7.08.